The molecule has 0 aliphatic heterocycles. The fraction of sp³-hybridized carbons (Fsp3) is 0.429. The number of hydrogen-bond donors (Lipinski definition) is 0. The van der Waals surface area contributed by atoms with Crippen LogP contribution in [-0.4, -0.2) is 0 Å². The van der Waals surface area contributed by atoms with E-state index >= 15 is 0 Å². The van der Waals surface area contributed by atoms with Crippen LogP contribution in [0.5, 0.6) is 0 Å². The van der Waals surface area contributed by atoms with Gasteiger partial charge in [-0.05, 0) is 0 Å². The molecule has 0 saturated carbocycles. The summed E-state index contributed by atoms with van der Waals surface area (Å²) in [5.41, 5.74) is 2.79. The average Bonchev–Trinajstić information content (AvgIpc) is 2.63. The van der Waals surface area contributed by atoms with Gasteiger partial charge in [-0.15, -0.1) is 0 Å². The van der Waals surface area contributed by atoms with Crippen LogP contribution in [0.25, 0.3) is 0 Å². The minimum absolute atomic E-state index is 0.270. The monoisotopic (exact) mass is 290 g/mol. The van der Waals surface area contributed by atoms with Gasteiger partial charge in [0.1, 0.15) is 0 Å². The van der Waals surface area contributed by atoms with Crippen LogP contribution in [-0.2, 0) is 17.1 Å². The molecule has 15 heavy (non-hydrogen) atoms. The van der Waals surface area contributed by atoms with E-state index < -0.39 is 0 Å². The molecule has 0 aromatic heterocycles. The molecule has 0 aromatic rings. The van der Waals surface area contributed by atoms with Crippen LogP contribution in [0, 0.1) is 0 Å². The molecule has 0 bridgehead atoms. The van der Waals surface area contributed by atoms with Gasteiger partial charge in [0, 0.05) is 0 Å². The van der Waals surface area contributed by atoms with Crippen molar-refractivity contribution in [3.63, 3.8) is 0 Å². The molecule has 0 unspecified atom stereocenters. The molecule has 0 aromatic carbocycles. The molecule has 0 saturated heterocycles. The van der Waals surface area contributed by atoms with E-state index in [9.17, 15) is 0 Å². The zero-order valence-electron chi connectivity index (χ0n) is 10.0. The molecule has 1 aliphatic rings. The summed E-state index contributed by atoms with van der Waals surface area (Å²) in [6.45, 7) is 8.78. The van der Waals surface area contributed by atoms with Gasteiger partial charge in [0.2, 0.25) is 0 Å². The van der Waals surface area contributed by atoms with Crippen molar-refractivity contribution in [2.45, 2.75) is 38.1 Å². The summed E-state index contributed by atoms with van der Waals surface area (Å²) in [4.78, 5) is 0. The van der Waals surface area contributed by atoms with Crippen LogP contribution < -0.4 is 0 Å². The van der Waals surface area contributed by atoms with Gasteiger partial charge in [-0.3, -0.25) is 0 Å². The molecular formula is C14H20Ru. The topological polar surface area (TPSA) is 0 Å². The molecule has 0 radical (unpaired) electrons. The first-order chi connectivity index (χ1) is 7.08. The van der Waals surface area contributed by atoms with Crippen molar-refractivity contribution >= 4 is 0 Å². The number of rotatable bonds is 4. The van der Waals surface area contributed by atoms with E-state index in [1.54, 1.807) is 0 Å². The Hall–Kier alpha value is -0.417. The first-order valence-electron chi connectivity index (χ1n) is 5.38. The van der Waals surface area contributed by atoms with Crippen molar-refractivity contribution in [3.8, 4) is 0 Å². The standard InChI is InChI=1S/C7H9.C7H11.Ru/c1-2-7-5-3-4-6-7;1-6(2)5-7(3)4;/h3-6H,2H2,1H3;1,5H,2-4H3;. The molecule has 0 amide bonds. The predicted molar refractivity (Wildman–Crippen MR) is 64.5 cm³/mol. The second kappa shape index (κ2) is 5.61. The quantitative estimate of drug-likeness (QED) is 0.523. The van der Waals surface area contributed by atoms with Crippen molar-refractivity contribution < 1.29 is 17.1 Å². The second-order valence-corrected chi connectivity index (χ2v) is 6.77. The molecule has 1 heteroatoms. The van der Waals surface area contributed by atoms with Crippen molar-refractivity contribution in [1.29, 1.82) is 0 Å². The molecule has 0 heterocycles. The molecule has 1 aliphatic carbocycles. The van der Waals surface area contributed by atoms with Crippen LogP contribution >= 0.6 is 0 Å². The van der Waals surface area contributed by atoms with E-state index in [1.807, 2.05) is 0 Å². The van der Waals surface area contributed by atoms with E-state index in [1.165, 1.54) is 17.6 Å². The van der Waals surface area contributed by atoms with Gasteiger partial charge in [-0.25, -0.2) is 0 Å². The SMILES string of the molecule is CC[C]1([Ru][CH]=C(C)C=C(C)C)C=CC=C1. The van der Waals surface area contributed by atoms with Crippen molar-refractivity contribution in [2.75, 3.05) is 0 Å². The Kier molecular flexibility index (Phi) is 4.73. The molecule has 1 rings (SSSR count). The Morgan fingerprint density at radius 3 is 2.27 bits per heavy atom. The number of allylic oxidation sites excluding steroid dienone is 7. The third-order valence-corrected chi connectivity index (χ3v) is 5.47. The van der Waals surface area contributed by atoms with E-state index in [-0.39, 0.29) is 17.1 Å². The third-order valence-electron chi connectivity index (χ3n) is 2.30. The average molecular weight is 289 g/mol. The van der Waals surface area contributed by atoms with Gasteiger partial charge < -0.3 is 0 Å². The summed E-state index contributed by atoms with van der Waals surface area (Å²) in [5.74, 6) is 0. The summed E-state index contributed by atoms with van der Waals surface area (Å²) >= 11 is 0.270. The molecule has 0 atom stereocenters. The zero-order chi connectivity index (χ0) is 11.3. The van der Waals surface area contributed by atoms with Gasteiger partial charge in [-0.2, -0.15) is 0 Å². The Morgan fingerprint density at radius 1 is 1.20 bits per heavy atom. The molecule has 0 spiro atoms. The second-order valence-electron chi connectivity index (χ2n) is 4.15. The Morgan fingerprint density at radius 2 is 1.80 bits per heavy atom. The van der Waals surface area contributed by atoms with Gasteiger partial charge in [0.05, 0.1) is 0 Å². The van der Waals surface area contributed by atoms with Gasteiger partial charge in [-0.1, -0.05) is 0 Å². The maximum absolute atomic E-state index is 2.43. The van der Waals surface area contributed by atoms with Crippen LogP contribution in [0.3, 0.4) is 0 Å². The molecule has 84 valence electrons. The molecular weight excluding hydrogens is 269 g/mol. The first kappa shape index (κ1) is 12.7. The van der Waals surface area contributed by atoms with Crippen molar-refractivity contribution in [2.24, 2.45) is 0 Å². The van der Waals surface area contributed by atoms with Crippen molar-refractivity contribution in [3.05, 3.63) is 46.2 Å². The fourth-order valence-corrected chi connectivity index (χ4v) is 3.55. The molecule has 0 nitrogen and oxygen atoms in total. The first-order valence-corrected chi connectivity index (χ1v) is 7.26. The van der Waals surface area contributed by atoms with Crippen LogP contribution in [0.4, 0.5) is 0 Å². The summed E-state index contributed by atoms with van der Waals surface area (Å²) in [6.07, 6.45) is 12.6. The van der Waals surface area contributed by atoms with E-state index in [0.717, 1.165) is 0 Å². The van der Waals surface area contributed by atoms with E-state index in [0.29, 0.717) is 4.01 Å². The van der Waals surface area contributed by atoms with Crippen LogP contribution in [0.2, 0.25) is 4.01 Å². The molecule has 0 fully saturated rings. The Labute approximate surface area is 101 Å². The van der Waals surface area contributed by atoms with Gasteiger partial charge in [0.15, 0.2) is 0 Å². The Balaban J connectivity index is 2.66. The maximum atomic E-state index is 2.43. The Bertz CT molecular complexity index is 313. The van der Waals surface area contributed by atoms with Gasteiger partial charge >= 0.3 is 101 Å². The normalized spacial score (nSPS) is 18.5. The summed E-state index contributed by atoms with van der Waals surface area (Å²) < 4.78 is 2.81. The summed E-state index contributed by atoms with van der Waals surface area (Å²) in [7, 11) is 0. The third kappa shape index (κ3) is 3.91. The van der Waals surface area contributed by atoms with Crippen molar-refractivity contribution in [1.82, 2.24) is 0 Å². The number of hydrogen-bond acceptors (Lipinski definition) is 0. The van der Waals surface area contributed by atoms with Crippen LogP contribution in [0.15, 0.2) is 46.2 Å². The van der Waals surface area contributed by atoms with E-state index in [4.69, 9.17) is 0 Å². The zero-order valence-corrected chi connectivity index (χ0v) is 11.8. The predicted octanol–water partition coefficient (Wildman–Crippen LogP) is 4.63. The van der Waals surface area contributed by atoms with Gasteiger partial charge in [0.25, 0.3) is 0 Å². The summed E-state index contributed by atoms with van der Waals surface area (Å²) in [6, 6.07) is 0. The van der Waals surface area contributed by atoms with E-state index in [2.05, 4.69) is 62.7 Å². The fourth-order valence-electron chi connectivity index (χ4n) is 1.52. The van der Waals surface area contributed by atoms with Crippen LogP contribution in [0.1, 0.15) is 34.1 Å². The summed E-state index contributed by atoms with van der Waals surface area (Å²) in [5, 5.41) is 0. The minimum atomic E-state index is 0.270. The molecule has 0 N–H and O–H groups in total.